The summed E-state index contributed by atoms with van der Waals surface area (Å²) in [6.45, 7) is 1.54. The van der Waals surface area contributed by atoms with Crippen LogP contribution in [0.3, 0.4) is 0 Å². The van der Waals surface area contributed by atoms with Crippen molar-refractivity contribution in [2.75, 3.05) is 0 Å². The van der Waals surface area contributed by atoms with Crippen LogP contribution in [-0.4, -0.2) is 35.5 Å². The molecule has 1 rings (SSSR count). The van der Waals surface area contributed by atoms with E-state index in [1.807, 2.05) is 0 Å². The van der Waals surface area contributed by atoms with E-state index >= 15 is 0 Å². The lowest BCUT2D eigenvalue weighted by Gasteiger charge is -2.27. The van der Waals surface area contributed by atoms with Gasteiger partial charge in [-0.3, -0.25) is 0 Å². The first-order valence-corrected chi connectivity index (χ1v) is 7.78. The monoisotopic (exact) mass is 248 g/mol. The third kappa shape index (κ3) is 4.37. The fraction of sp³-hybridized carbons (Fsp3) is 1.00. The van der Waals surface area contributed by atoms with Crippen LogP contribution in [0.4, 0.5) is 13.2 Å². The van der Waals surface area contributed by atoms with E-state index in [4.69, 9.17) is 12.3 Å². The summed E-state index contributed by atoms with van der Waals surface area (Å²) in [7, 11) is -4.05. The number of halogens is 3. The fourth-order valence-corrected chi connectivity index (χ4v) is 9.29. The Morgan fingerprint density at radius 1 is 1.31 bits per heavy atom. The van der Waals surface area contributed by atoms with E-state index in [0.717, 1.165) is 0 Å². The molecule has 1 heterocycles. The zero-order valence-corrected chi connectivity index (χ0v) is 11.1. The lowest BCUT2D eigenvalue weighted by atomic mass is 10.3. The van der Waals surface area contributed by atoms with Gasteiger partial charge in [-0.05, 0) is 0 Å². The summed E-state index contributed by atoms with van der Waals surface area (Å²) in [5.41, 5.74) is -0.496. The molecule has 3 nitrogen and oxygen atoms in total. The summed E-state index contributed by atoms with van der Waals surface area (Å²) in [6.07, 6.45) is -4.91. The van der Waals surface area contributed by atoms with Crippen LogP contribution in [0.1, 0.15) is 13.3 Å². The Morgan fingerprint density at radius 2 is 1.85 bits per heavy atom. The summed E-state index contributed by atoms with van der Waals surface area (Å²) in [6, 6.07) is 0. The van der Waals surface area contributed by atoms with Crippen LogP contribution in [0.5, 0.6) is 0 Å². The molecule has 1 fully saturated rings. The van der Waals surface area contributed by atoms with Gasteiger partial charge in [-0.1, -0.05) is 6.92 Å². The van der Waals surface area contributed by atoms with E-state index in [9.17, 15) is 13.2 Å². The molecule has 0 aliphatic carbocycles. The summed E-state index contributed by atoms with van der Waals surface area (Å²) >= 11 is 0. The van der Waals surface area contributed by atoms with Gasteiger partial charge in [-0.25, -0.2) is 0 Å². The first-order chi connectivity index (χ1) is 5.99. The van der Waals surface area contributed by atoms with E-state index in [0.29, 0.717) is 0 Å². The summed E-state index contributed by atoms with van der Waals surface area (Å²) in [5.74, 6) is 0. The lowest BCUT2D eigenvalue weighted by molar-refractivity contribution is -0.135. The summed E-state index contributed by atoms with van der Waals surface area (Å²) in [5, 5.41) is 0. The van der Waals surface area contributed by atoms with Crippen LogP contribution >= 0.6 is 0 Å². The highest BCUT2D eigenvalue weighted by atomic mass is 28.4. The van der Waals surface area contributed by atoms with E-state index in [-0.39, 0.29) is 0 Å². The molecule has 0 N–H and O–H groups in total. The van der Waals surface area contributed by atoms with Gasteiger partial charge in [-0.2, -0.15) is 13.2 Å². The molecule has 0 spiro atoms. The maximum absolute atomic E-state index is 12.0. The molecule has 0 amide bonds. The molecule has 1 aliphatic heterocycles. The van der Waals surface area contributed by atoms with Crippen LogP contribution in [-0.2, 0) is 12.3 Å². The lowest BCUT2D eigenvalue weighted by Crippen LogP contribution is -2.39. The average Bonchev–Trinajstić information content (AvgIpc) is 2.03. The zero-order valence-electron chi connectivity index (χ0n) is 7.13. The molecular formula is C4H11F3O3Si3. The van der Waals surface area contributed by atoms with Crippen molar-refractivity contribution in [2.45, 2.75) is 25.1 Å². The molecule has 0 aromatic heterocycles. The molecule has 1 unspecified atom stereocenters. The van der Waals surface area contributed by atoms with Gasteiger partial charge in [-0.15, -0.1) is 0 Å². The van der Waals surface area contributed by atoms with Crippen molar-refractivity contribution < 1.29 is 25.5 Å². The number of hydrogen-bond donors (Lipinski definition) is 0. The third-order valence-corrected chi connectivity index (χ3v) is 7.86. The number of alkyl halides is 3. The van der Waals surface area contributed by atoms with Gasteiger partial charge in [0.1, 0.15) is 0 Å². The number of hydrogen-bond acceptors (Lipinski definition) is 3. The normalized spacial score (nSPS) is 30.9. The second-order valence-electron chi connectivity index (χ2n) is 2.94. The van der Waals surface area contributed by atoms with Gasteiger partial charge >= 0.3 is 15.5 Å². The Balaban J connectivity index is 2.33. The molecule has 13 heavy (non-hydrogen) atoms. The molecule has 0 bridgehead atoms. The predicted molar refractivity (Wildman–Crippen MR) is 47.6 cm³/mol. The van der Waals surface area contributed by atoms with E-state index in [1.165, 1.54) is 0 Å². The van der Waals surface area contributed by atoms with Crippen molar-refractivity contribution in [3.8, 4) is 0 Å². The second-order valence-corrected chi connectivity index (χ2v) is 9.58. The van der Waals surface area contributed by atoms with Crippen molar-refractivity contribution in [1.29, 1.82) is 0 Å². The highest BCUT2D eigenvalue weighted by Gasteiger charge is 2.36. The molecule has 0 radical (unpaired) electrons. The van der Waals surface area contributed by atoms with Gasteiger partial charge in [0.15, 0.2) is 0 Å². The fourth-order valence-electron chi connectivity index (χ4n) is 1.10. The van der Waals surface area contributed by atoms with Gasteiger partial charge in [0.2, 0.25) is 0 Å². The maximum atomic E-state index is 12.0. The van der Waals surface area contributed by atoms with Crippen molar-refractivity contribution >= 4 is 29.3 Å². The van der Waals surface area contributed by atoms with Crippen LogP contribution < -0.4 is 0 Å². The molecule has 0 saturated carbocycles. The van der Waals surface area contributed by atoms with E-state index in [1.54, 1.807) is 6.92 Å². The highest BCUT2D eigenvalue weighted by Crippen LogP contribution is 2.30. The average molecular weight is 248 g/mol. The molecule has 0 aromatic rings. The van der Waals surface area contributed by atoms with Gasteiger partial charge in [0.05, 0.1) is 0 Å². The Kier molecular flexibility index (Phi) is 4.12. The minimum atomic E-state index is -4.11. The first-order valence-electron chi connectivity index (χ1n) is 3.87. The largest absolute Gasteiger partial charge is 0.425 e. The Morgan fingerprint density at radius 3 is 2.31 bits per heavy atom. The van der Waals surface area contributed by atoms with Crippen molar-refractivity contribution in [1.82, 2.24) is 0 Å². The Labute approximate surface area is 80.5 Å². The first kappa shape index (κ1) is 11.4. The second kappa shape index (κ2) is 4.70. The van der Waals surface area contributed by atoms with Gasteiger partial charge in [0, 0.05) is 12.0 Å². The van der Waals surface area contributed by atoms with Crippen molar-refractivity contribution in [3.05, 3.63) is 0 Å². The third-order valence-electron chi connectivity index (χ3n) is 1.65. The quantitative estimate of drug-likeness (QED) is 0.623. The van der Waals surface area contributed by atoms with Crippen LogP contribution in [0.15, 0.2) is 0 Å². The molecular weight excluding hydrogens is 237 g/mol. The Bertz CT molecular complexity index is 160. The van der Waals surface area contributed by atoms with Crippen molar-refractivity contribution in [3.63, 3.8) is 0 Å². The highest BCUT2D eigenvalue weighted by molar-refractivity contribution is 6.62. The summed E-state index contributed by atoms with van der Waals surface area (Å²) < 4.78 is 51.2. The molecule has 78 valence electrons. The van der Waals surface area contributed by atoms with E-state index < -0.39 is 47.4 Å². The van der Waals surface area contributed by atoms with Crippen LogP contribution in [0.25, 0.3) is 0 Å². The van der Waals surface area contributed by atoms with Gasteiger partial charge < -0.3 is 12.3 Å². The topological polar surface area (TPSA) is 27.7 Å². The predicted octanol–water partition coefficient (Wildman–Crippen LogP) is -0.390. The molecule has 1 atom stereocenters. The molecule has 9 heteroatoms. The molecule has 0 aromatic carbocycles. The smallest absolute Gasteiger partial charge is 0.389 e. The molecule has 1 saturated heterocycles. The zero-order chi connectivity index (χ0) is 9.90. The van der Waals surface area contributed by atoms with Crippen LogP contribution in [0, 0.1) is 0 Å². The molecule has 1 aliphatic rings. The van der Waals surface area contributed by atoms with Crippen LogP contribution in [0.2, 0.25) is 5.54 Å². The van der Waals surface area contributed by atoms with E-state index in [2.05, 4.69) is 0 Å². The standard InChI is InChI=1S/C4H11F3O3Si3/c1-3(2-4(5,6)7)13-9-11-8-12-10-13/h3,13H,2,11-12H2,1H3. The maximum Gasteiger partial charge on any atom is 0.389 e. The summed E-state index contributed by atoms with van der Waals surface area (Å²) in [4.78, 5) is 0. The van der Waals surface area contributed by atoms with Crippen molar-refractivity contribution in [2.24, 2.45) is 0 Å². The van der Waals surface area contributed by atoms with Gasteiger partial charge in [0.25, 0.3) is 20.0 Å². The Hall–Kier alpha value is 0.321. The minimum Gasteiger partial charge on any atom is -0.425 e. The number of rotatable bonds is 2. The SMILES string of the molecule is CC(CC(F)(F)F)[SiH]1O[SiH2]O[SiH2]O1. The minimum absolute atomic E-state index is 0.496.